The summed E-state index contributed by atoms with van der Waals surface area (Å²) < 4.78 is 2.20. The number of carbonyl (C=O) groups is 1. The highest BCUT2D eigenvalue weighted by Gasteiger charge is 2.44. The van der Waals surface area contributed by atoms with Gasteiger partial charge in [-0.15, -0.1) is 11.3 Å². The third kappa shape index (κ3) is 2.91. The lowest BCUT2D eigenvalue weighted by Crippen LogP contribution is -2.49. The number of aromatic nitrogens is 1. The van der Waals surface area contributed by atoms with Crippen LogP contribution in [0.15, 0.2) is 60.1 Å². The van der Waals surface area contributed by atoms with E-state index in [1.165, 1.54) is 16.0 Å². The van der Waals surface area contributed by atoms with Crippen LogP contribution in [0.2, 0.25) is 0 Å². The Morgan fingerprint density at radius 1 is 1.00 bits per heavy atom. The summed E-state index contributed by atoms with van der Waals surface area (Å²) in [5.74, 6) is 0.152. The third-order valence-corrected chi connectivity index (χ3v) is 6.89. The maximum absolute atomic E-state index is 13.2. The lowest BCUT2D eigenvalue weighted by atomic mass is 10.0. The van der Waals surface area contributed by atoms with Gasteiger partial charge in [0, 0.05) is 37.3 Å². The van der Waals surface area contributed by atoms with Crippen LogP contribution in [0.1, 0.15) is 32.5 Å². The summed E-state index contributed by atoms with van der Waals surface area (Å²) in [7, 11) is 0. The van der Waals surface area contributed by atoms with Gasteiger partial charge in [-0.1, -0.05) is 30.3 Å². The Morgan fingerprint density at radius 3 is 2.59 bits per heavy atom. The van der Waals surface area contributed by atoms with Crippen molar-refractivity contribution in [2.45, 2.75) is 32.1 Å². The van der Waals surface area contributed by atoms with Gasteiger partial charge in [-0.25, -0.2) is 0 Å². The molecule has 0 bridgehead atoms. The molecule has 5 heteroatoms. The molecule has 1 aromatic carbocycles. The van der Waals surface area contributed by atoms with Gasteiger partial charge in [-0.3, -0.25) is 9.69 Å². The zero-order valence-electron chi connectivity index (χ0n) is 15.4. The number of benzene rings is 1. The van der Waals surface area contributed by atoms with Crippen molar-refractivity contribution in [1.29, 1.82) is 0 Å². The first kappa shape index (κ1) is 16.8. The van der Waals surface area contributed by atoms with Gasteiger partial charge in [-0.2, -0.15) is 0 Å². The molecular formula is C22H23N3OS. The predicted molar refractivity (Wildman–Crippen MR) is 108 cm³/mol. The molecule has 0 N–H and O–H groups in total. The van der Waals surface area contributed by atoms with Crippen molar-refractivity contribution < 1.29 is 4.79 Å². The number of nitrogens with zero attached hydrogens (tertiary/aromatic N) is 3. The molecule has 2 aromatic heterocycles. The summed E-state index contributed by atoms with van der Waals surface area (Å²) in [5.41, 5.74) is 3.38. The second-order valence-electron chi connectivity index (χ2n) is 7.57. The van der Waals surface area contributed by atoms with Gasteiger partial charge in [0.25, 0.3) is 5.91 Å². The Bertz CT molecular complexity index is 961. The number of aryl methyl sites for hydroxylation is 1. The monoisotopic (exact) mass is 377 g/mol. The van der Waals surface area contributed by atoms with E-state index in [0.29, 0.717) is 12.6 Å². The van der Waals surface area contributed by atoms with Gasteiger partial charge >= 0.3 is 0 Å². The van der Waals surface area contributed by atoms with Crippen LogP contribution in [0.5, 0.6) is 0 Å². The quantitative estimate of drug-likeness (QED) is 0.689. The fourth-order valence-electron chi connectivity index (χ4n) is 4.46. The van der Waals surface area contributed by atoms with Crippen molar-refractivity contribution >= 4 is 17.2 Å². The third-order valence-electron chi connectivity index (χ3n) is 5.88. The van der Waals surface area contributed by atoms with Crippen LogP contribution < -0.4 is 0 Å². The van der Waals surface area contributed by atoms with Crippen LogP contribution in [0.3, 0.4) is 0 Å². The van der Waals surface area contributed by atoms with Gasteiger partial charge in [0.2, 0.25) is 0 Å². The van der Waals surface area contributed by atoms with Crippen LogP contribution in [0.25, 0.3) is 0 Å². The molecule has 0 aliphatic carbocycles. The molecule has 0 spiro atoms. The SMILES string of the molecule is Cc1ccsc1CN1C[C@@H]2[C@H](C1)N(Cc1ccccc1)C(=O)c1cccn12. The summed E-state index contributed by atoms with van der Waals surface area (Å²) in [6, 6.07) is 17.0. The van der Waals surface area contributed by atoms with E-state index in [2.05, 4.69) is 51.1 Å². The van der Waals surface area contributed by atoms with Crippen molar-refractivity contribution in [3.63, 3.8) is 0 Å². The molecular weight excluding hydrogens is 354 g/mol. The highest BCUT2D eigenvalue weighted by Crippen LogP contribution is 2.35. The number of amides is 1. The normalized spacial score (nSPS) is 22.1. The summed E-state index contributed by atoms with van der Waals surface area (Å²) in [5, 5.41) is 2.17. The largest absolute Gasteiger partial charge is 0.337 e. The van der Waals surface area contributed by atoms with Gasteiger partial charge in [0.05, 0.1) is 12.1 Å². The standard InChI is InChI=1S/C22H23N3OS/c1-16-9-11-27-21(16)15-23-13-19-20(14-23)25(12-17-6-3-2-4-7-17)22(26)18-8-5-10-24(18)19/h2-11,19-20H,12-15H2,1H3/t19-,20+/m1/s1. The van der Waals surface area contributed by atoms with Crippen LogP contribution in [0.4, 0.5) is 0 Å². The molecule has 3 aromatic rings. The van der Waals surface area contributed by atoms with Gasteiger partial charge < -0.3 is 9.47 Å². The summed E-state index contributed by atoms with van der Waals surface area (Å²) in [6.45, 7) is 5.75. The molecule has 4 nitrogen and oxygen atoms in total. The first-order chi connectivity index (χ1) is 13.2. The molecule has 0 saturated carbocycles. The topological polar surface area (TPSA) is 28.5 Å². The van der Waals surface area contributed by atoms with E-state index in [9.17, 15) is 4.79 Å². The van der Waals surface area contributed by atoms with Crippen LogP contribution in [-0.4, -0.2) is 39.4 Å². The van der Waals surface area contributed by atoms with Gasteiger partial charge in [-0.05, 0) is 41.6 Å². The van der Waals surface area contributed by atoms with Crippen molar-refractivity contribution in [2.24, 2.45) is 0 Å². The van der Waals surface area contributed by atoms with E-state index in [1.807, 2.05) is 41.7 Å². The van der Waals surface area contributed by atoms with E-state index in [-0.39, 0.29) is 11.9 Å². The minimum atomic E-state index is 0.152. The van der Waals surface area contributed by atoms with Gasteiger partial charge in [0.1, 0.15) is 5.69 Å². The zero-order chi connectivity index (χ0) is 18.4. The second kappa shape index (κ2) is 6.66. The maximum atomic E-state index is 13.2. The Kier molecular flexibility index (Phi) is 4.14. The number of hydrogen-bond donors (Lipinski definition) is 0. The van der Waals surface area contributed by atoms with Crippen LogP contribution >= 0.6 is 11.3 Å². The molecule has 1 fully saturated rings. The summed E-state index contributed by atoms with van der Waals surface area (Å²) in [4.78, 5) is 19.2. The molecule has 2 aliphatic rings. The van der Waals surface area contributed by atoms with E-state index in [4.69, 9.17) is 0 Å². The van der Waals surface area contributed by atoms with E-state index in [0.717, 1.165) is 25.3 Å². The molecule has 0 unspecified atom stereocenters. The number of fused-ring (bicyclic) bond motifs is 3. The van der Waals surface area contributed by atoms with Crippen molar-refractivity contribution in [2.75, 3.05) is 13.1 Å². The molecule has 0 radical (unpaired) electrons. The number of rotatable bonds is 4. The Morgan fingerprint density at radius 2 is 1.81 bits per heavy atom. The molecule has 1 saturated heterocycles. The number of hydrogen-bond acceptors (Lipinski definition) is 3. The molecule has 2 atom stereocenters. The molecule has 4 heterocycles. The average molecular weight is 378 g/mol. The van der Waals surface area contributed by atoms with E-state index < -0.39 is 0 Å². The Hall–Kier alpha value is -2.37. The highest BCUT2D eigenvalue weighted by atomic mass is 32.1. The Balaban J connectivity index is 1.45. The van der Waals surface area contributed by atoms with E-state index >= 15 is 0 Å². The smallest absolute Gasteiger partial charge is 0.271 e. The zero-order valence-corrected chi connectivity index (χ0v) is 16.2. The first-order valence-electron chi connectivity index (χ1n) is 9.48. The van der Waals surface area contributed by atoms with Crippen molar-refractivity contribution in [3.05, 3.63) is 81.8 Å². The van der Waals surface area contributed by atoms with E-state index in [1.54, 1.807) is 0 Å². The molecule has 138 valence electrons. The fourth-order valence-corrected chi connectivity index (χ4v) is 5.40. The molecule has 2 aliphatic heterocycles. The first-order valence-corrected chi connectivity index (χ1v) is 10.4. The molecule has 1 amide bonds. The second-order valence-corrected chi connectivity index (χ2v) is 8.58. The van der Waals surface area contributed by atoms with Crippen LogP contribution in [0, 0.1) is 6.92 Å². The van der Waals surface area contributed by atoms with Crippen LogP contribution in [-0.2, 0) is 13.1 Å². The van der Waals surface area contributed by atoms with Crippen molar-refractivity contribution in [3.8, 4) is 0 Å². The lowest BCUT2D eigenvalue weighted by Gasteiger charge is -2.38. The number of carbonyl (C=O) groups excluding carboxylic acids is 1. The maximum Gasteiger partial charge on any atom is 0.271 e. The molecule has 27 heavy (non-hydrogen) atoms. The minimum Gasteiger partial charge on any atom is -0.337 e. The fraction of sp³-hybridized carbons (Fsp3) is 0.318. The summed E-state index contributed by atoms with van der Waals surface area (Å²) in [6.07, 6.45) is 2.07. The number of likely N-dealkylation sites (tertiary alicyclic amines) is 1. The average Bonchev–Trinajstić information content (AvgIpc) is 3.40. The highest BCUT2D eigenvalue weighted by molar-refractivity contribution is 7.10. The Labute approximate surface area is 163 Å². The minimum absolute atomic E-state index is 0.152. The van der Waals surface area contributed by atoms with Crippen molar-refractivity contribution in [1.82, 2.24) is 14.4 Å². The number of thiophene rings is 1. The molecule has 5 rings (SSSR count). The lowest BCUT2D eigenvalue weighted by molar-refractivity contribution is 0.0556. The summed E-state index contributed by atoms with van der Waals surface area (Å²) >= 11 is 1.83. The van der Waals surface area contributed by atoms with Gasteiger partial charge in [0.15, 0.2) is 0 Å². The predicted octanol–water partition coefficient (Wildman–Crippen LogP) is 3.94.